The molecular formula is C17H20N2OS. The van der Waals surface area contributed by atoms with Gasteiger partial charge < -0.3 is 10.6 Å². The van der Waals surface area contributed by atoms with Crippen molar-refractivity contribution < 1.29 is 4.79 Å². The molecule has 3 nitrogen and oxygen atoms in total. The first kappa shape index (κ1) is 14.3. The molecule has 1 fully saturated rings. The van der Waals surface area contributed by atoms with Crippen LogP contribution in [0.1, 0.15) is 29.3 Å². The molecule has 2 N–H and O–H groups in total. The van der Waals surface area contributed by atoms with E-state index in [2.05, 4.69) is 34.2 Å². The number of amides is 1. The molecule has 0 aliphatic carbocycles. The molecule has 1 aliphatic heterocycles. The molecule has 1 aromatic heterocycles. The van der Waals surface area contributed by atoms with Crippen LogP contribution in [0.5, 0.6) is 0 Å². The number of rotatable bonds is 4. The summed E-state index contributed by atoms with van der Waals surface area (Å²) in [7, 11) is 0. The van der Waals surface area contributed by atoms with Crippen molar-refractivity contribution in [1.29, 1.82) is 0 Å². The Hall–Kier alpha value is -1.65. The van der Waals surface area contributed by atoms with Gasteiger partial charge in [-0.2, -0.15) is 0 Å². The van der Waals surface area contributed by atoms with Crippen molar-refractivity contribution in [3.05, 3.63) is 58.3 Å². The van der Waals surface area contributed by atoms with Gasteiger partial charge in [-0.3, -0.25) is 4.79 Å². The lowest BCUT2D eigenvalue weighted by Crippen LogP contribution is -2.41. The topological polar surface area (TPSA) is 41.1 Å². The fourth-order valence-electron chi connectivity index (χ4n) is 2.76. The highest BCUT2D eigenvalue weighted by atomic mass is 32.1. The first-order valence-electron chi connectivity index (χ1n) is 7.44. The molecule has 0 spiro atoms. The third-order valence-corrected chi connectivity index (χ3v) is 4.85. The zero-order valence-electron chi connectivity index (χ0n) is 11.9. The SMILES string of the molecule is O=C(NC(c1ccccc1)c1cccs1)[C@@H]1CCCNC1. The molecule has 0 radical (unpaired) electrons. The number of carbonyl (C=O) groups excluding carboxylic acids is 1. The summed E-state index contributed by atoms with van der Waals surface area (Å²) in [6.45, 7) is 1.81. The summed E-state index contributed by atoms with van der Waals surface area (Å²) in [6, 6.07) is 14.3. The maximum absolute atomic E-state index is 12.5. The van der Waals surface area contributed by atoms with Crippen LogP contribution in [0, 0.1) is 5.92 Å². The normalized spacial score (nSPS) is 19.9. The third-order valence-electron chi connectivity index (χ3n) is 3.91. The van der Waals surface area contributed by atoms with Gasteiger partial charge in [-0.15, -0.1) is 11.3 Å². The van der Waals surface area contributed by atoms with Crippen molar-refractivity contribution in [3.63, 3.8) is 0 Å². The number of hydrogen-bond donors (Lipinski definition) is 2. The van der Waals surface area contributed by atoms with Crippen LogP contribution < -0.4 is 10.6 Å². The van der Waals surface area contributed by atoms with Gasteiger partial charge in [-0.25, -0.2) is 0 Å². The van der Waals surface area contributed by atoms with E-state index in [1.807, 2.05) is 24.3 Å². The summed E-state index contributed by atoms with van der Waals surface area (Å²) in [5.74, 6) is 0.245. The quantitative estimate of drug-likeness (QED) is 0.911. The summed E-state index contributed by atoms with van der Waals surface area (Å²) in [6.07, 6.45) is 2.05. The minimum Gasteiger partial charge on any atom is -0.344 e. The van der Waals surface area contributed by atoms with Crippen LogP contribution in [0.15, 0.2) is 47.8 Å². The van der Waals surface area contributed by atoms with Crippen molar-refractivity contribution in [3.8, 4) is 0 Å². The maximum Gasteiger partial charge on any atom is 0.225 e. The van der Waals surface area contributed by atoms with Gasteiger partial charge in [0.1, 0.15) is 0 Å². The van der Waals surface area contributed by atoms with E-state index in [0.717, 1.165) is 31.5 Å². The summed E-state index contributed by atoms with van der Waals surface area (Å²) in [5.41, 5.74) is 1.14. The fourth-order valence-corrected chi connectivity index (χ4v) is 3.56. The van der Waals surface area contributed by atoms with E-state index in [4.69, 9.17) is 0 Å². The predicted molar refractivity (Wildman–Crippen MR) is 86.3 cm³/mol. The molecular weight excluding hydrogens is 280 g/mol. The number of benzene rings is 1. The van der Waals surface area contributed by atoms with Gasteiger partial charge in [-0.1, -0.05) is 36.4 Å². The van der Waals surface area contributed by atoms with Gasteiger partial charge in [0.15, 0.2) is 0 Å². The Bertz CT molecular complexity index is 562. The molecule has 1 unspecified atom stereocenters. The zero-order valence-corrected chi connectivity index (χ0v) is 12.7. The largest absolute Gasteiger partial charge is 0.344 e. The third kappa shape index (κ3) is 3.52. The van der Waals surface area contributed by atoms with E-state index < -0.39 is 0 Å². The van der Waals surface area contributed by atoms with Crippen LogP contribution in [0.2, 0.25) is 0 Å². The molecule has 0 saturated carbocycles. The number of hydrogen-bond acceptors (Lipinski definition) is 3. The van der Waals surface area contributed by atoms with E-state index in [9.17, 15) is 4.79 Å². The minimum absolute atomic E-state index is 0.0411. The predicted octanol–water partition coefficient (Wildman–Crippen LogP) is 2.95. The second-order valence-corrected chi connectivity index (χ2v) is 6.39. The van der Waals surface area contributed by atoms with Crippen LogP contribution in [0.25, 0.3) is 0 Å². The number of nitrogens with one attached hydrogen (secondary N) is 2. The summed E-state index contributed by atoms with van der Waals surface area (Å²) < 4.78 is 0. The van der Waals surface area contributed by atoms with Crippen molar-refractivity contribution in [2.24, 2.45) is 5.92 Å². The lowest BCUT2D eigenvalue weighted by molar-refractivity contribution is -0.126. The van der Waals surface area contributed by atoms with Crippen molar-refractivity contribution >= 4 is 17.2 Å². The van der Waals surface area contributed by atoms with E-state index in [0.29, 0.717) is 0 Å². The molecule has 4 heteroatoms. The monoisotopic (exact) mass is 300 g/mol. The van der Waals surface area contributed by atoms with E-state index >= 15 is 0 Å². The molecule has 2 heterocycles. The Morgan fingerprint density at radius 2 is 2.10 bits per heavy atom. The first-order valence-corrected chi connectivity index (χ1v) is 8.32. The average molecular weight is 300 g/mol. The highest BCUT2D eigenvalue weighted by Crippen LogP contribution is 2.26. The number of carbonyl (C=O) groups is 1. The zero-order chi connectivity index (χ0) is 14.5. The summed E-state index contributed by atoms with van der Waals surface area (Å²) in [5, 5.41) is 8.60. The van der Waals surface area contributed by atoms with Gasteiger partial charge in [0.25, 0.3) is 0 Å². The Kier molecular flexibility index (Phi) is 4.68. The second-order valence-electron chi connectivity index (χ2n) is 5.41. The van der Waals surface area contributed by atoms with Gasteiger partial charge in [0, 0.05) is 11.4 Å². The van der Waals surface area contributed by atoms with E-state index in [-0.39, 0.29) is 17.9 Å². The van der Waals surface area contributed by atoms with Gasteiger partial charge in [0.05, 0.1) is 12.0 Å². The molecule has 21 heavy (non-hydrogen) atoms. The highest BCUT2D eigenvalue weighted by molar-refractivity contribution is 7.10. The molecule has 2 atom stereocenters. The maximum atomic E-state index is 12.5. The molecule has 0 bridgehead atoms. The van der Waals surface area contributed by atoms with Crippen molar-refractivity contribution in [2.45, 2.75) is 18.9 Å². The van der Waals surface area contributed by atoms with Gasteiger partial charge in [0.2, 0.25) is 5.91 Å². The molecule has 2 aromatic rings. The smallest absolute Gasteiger partial charge is 0.225 e. The van der Waals surface area contributed by atoms with E-state index in [1.54, 1.807) is 11.3 Å². The van der Waals surface area contributed by atoms with Crippen LogP contribution in [0.4, 0.5) is 0 Å². The lowest BCUT2D eigenvalue weighted by atomic mass is 9.97. The lowest BCUT2D eigenvalue weighted by Gasteiger charge is -2.25. The van der Waals surface area contributed by atoms with Gasteiger partial charge >= 0.3 is 0 Å². The average Bonchev–Trinajstić information content (AvgIpc) is 3.08. The highest BCUT2D eigenvalue weighted by Gasteiger charge is 2.25. The van der Waals surface area contributed by atoms with Crippen LogP contribution >= 0.6 is 11.3 Å². The Morgan fingerprint density at radius 1 is 1.24 bits per heavy atom. The fraction of sp³-hybridized carbons (Fsp3) is 0.353. The molecule has 3 rings (SSSR count). The summed E-state index contributed by atoms with van der Waals surface area (Å²) >= 11 is 1.68. The van der Waals surface area contributed by atoms with Crippen molar-refractivity contribution in [2.75, 3.05) is 13.1 Å². The standard InChI is InChI=1S/C17H20N2OS/c20-17(14-8-4-10-18-12-14)19-16(15-9-5-11-21-15)13-6-2-1-3-7-13/h1-3,5-7,9,11,14,16,18H,4,8,10,12H2,(H,19,20)/t14-,16?/m1/s1. The molecule has 110 valence electrons. The Balaban J connectivity index is 1.78. The molecule has 1 aromatic carbocycles. The molecule has 1 aliphatic rings. The minimum atomic E-state index is -0.0411. The van der Waals surface area contributed by atoms with E-state index in [1.165, 1.54) is 4.88 Å². The number of piperidine rings is 1. The van der Waals surface area contributed by atoms with Crippen LogP contribution in [0.3, 0.4) is 0 Å². The molecule has 1 saturated heterocycles. The second kappa shape index (κ2) is 6.87. The molecule has 1 amide bonds. The van der Waals surface area contributed by atoms with Crippen LogP contribution in [-0.4, -0.2) is 19.0 Å². The summed E-state index contributed by atoms with van der Waals surface area (Å²) in [4.78, 5) is 13.7. The Labute approximate surface area is 129 Å². The van der Waals surface area contributed by atoms with Crippen molar-refractivity contribution in [1.82, 2.24) is 10.6 Å². The van der Waals surface area contributed by atoms with Crippen LogP contribution in [-0.2, 0) is 4.79 Å². The van der Waals surface area contributed by atoms with Gasteiger partial charge in [-0.05, 0) is 36.4 Å². The Morgan fingerprint density at radius 3 is 2.76 bits per heavy atom. The number of thiophene rings is 1. The first-order chi connectivity index (χ1) is 10.3.